The molecule has 1 amide bonds. The number of nitrogens with zero attached hydrogens (tertiary/aromatic N) is 3. The van der Waals surface area contributed by atoms with Gasteiger partial charge in [0.15, 0.2) is 10.8 Å². The summed E-state index contributed by atoms with van der Waals surface area (Å²) in [7, 11) is 0. The molecule has 1 aromatic carbocycles. The van der Waals surface area contributed by atoms with E-state index in [1.165, 1.54) is 18.2 Å². The number of hydrogen-bond donors (Lipinski definition) is 1. The van der Waals surface area contributed by atoms with Crippen molar-refractivity contribution in [2.24, 2.45) is 0 Å². The third-order valence-electron chi connectivity index (χ3n) is 2.93. The lowest BCUT2D eigenvalue weighted by Crippen LogP contribution is -2.15. The molecule has 0 saturated heterocycles. The summed E-state index contributed by atoms with van der Waals surface area (Å²) in [5.41, 5.74) is 0.454. The smallest absolute Gasteiger partial charge is 0.234 e. The van der Waals surface area contributed by atoms with E-state index < -0.39 is 11.7 Å². The highest BCUT2D eigenvalue weighted by Gasteiger charge is 2.13. The predicted octanol–water partition coefficient (Wildman–Crippen LogP) is 4.56. The van der Waals surface area contributed by atoms with Crippen LogP contribution in [0.4, 0.5) is 10.1 Å². The van der Waals surface area contributed by atoms with E-state index in [0.717, 1.165) is 11.8 Å². The molecular formula is C14H8Cl3FN4OS. The van der Waals surface area contributed by atoms with Crippen LogP contribution in [0.25, 0.3) is 5.65 Å². The van der Waals surface area contributed by atoms with Gasteiger partial charge in [0.1, 0.15) is 5.82 Å². The number of aromatic nitrogens is 3. The van der Waals surface area contributed by atoms with Crippen molar-refractivity contribution in [2.45, 2.75) is 5.16 Å². The van der Waals surface area contributed by atoms with Crippen LogP contribution in [0.15, 0.2) is 35.6 Å². The largest absolute Gasteiger partial charge is 0.323 e. The summed E-state index contributed by atoms with van der Waals surface area (Å²) < 4.78 is 15.2. The monoisotopic (exact) mass is 404 g/mol. The molecule has 24 heavy (non-hydrogen) atoms. The normalized spacial score (nSPS) is 11.0. The molecule has 1 N–H and O–H groups in total. The lowest BCUT2D eigenvalue weighted by atomic mass is 10.3. The van der Waals surface area contributed by atoms with Crippen LogP contribution in [0.5, 0.6) is 0 Å². The molecule has 2 heterocycles. The standard InChI is InChI=1S/C14H8Cl3FN4OS/c15-7-1-2-10(18)11(4-7)19-12(23)6-24-14-21-20-13-9(17)3-8(16)5-22(13)14/h1-5H,6H2,(H,19,23). The Kier molecular flexibility index (Phi) is 5.15. The number of pyridine rings is 1. The van der Waals surface area contributed by atoms with Crippen LogP contribution in [0.1, 0.15) is 0 Å². The number of halogens is 4. The minimum atomic E-state index is -0.566. The van der Waals surface area contributed by atoms with Crippen molar-refractivity contribution in [3.05, 3.63) is 51.3 Å². The van der Waals surface area contributed by atoms with Gasteiger partial charge in [-0.1, -0.05) is 46.6 Å². The maximum Gasteiger partial charge on any atom is 0.234 e. The van der Waals surface area contributed by atoms with E-state index >= 15 is 0 Å². The third-order valence-corrected chi connectivity index (χ3v) is 4.59. The quantitative estimate of drug-likeness (QED) is 0.647. The molecule has 10 heteroatoms. The van der Waals surface area contributed by atoms with Gasteiger partial charge in [-0.2, -0.15) is 0 Å². The van der Waals surface area contributed by atoms with Gasteiger partial charge in [0.05, 0.1) is 21.5 Å². The number of thioether (sulfide) groups is 1. The molecule has 3 aromatic rings. The summed E-state index contributed by atoms with van der Waals surface area (Å²) in [6.07, 6.45) is 1.60. The van der Waals surface area contributed by atoms with Gasteiger partial charge in [0, 0.05) is 11.2 Å². The average Bonchev–Trinajstić information content (AvgIpc) is 2.92. The van der Waals surface area contributed by atoms with Gasteiger partial charge in [-0.15, -0.1) is 10.2 Å². The number of anilines is 1. The van der Waals surface area contributed by atoms with Crippen LogP contribution in [0.3, 0.4) is 0 Å². The van der Waals surface area contributed by atoms with E-state index in [9.17, 15) is 9.18 Å². The average molecular weight is 406 g/mol. The SMILES string of the molecule is O=C(CSc1nnc2c(Cl)cc(Cl)cn12)Nc1cc(Cl)ccc1F. The van der Waals surface area contributed by atoms with Crippen molar-refractivity contribution in [1.82, 2.24) is 14.6 Å². The van der Waals surface area contributed by atoms with Crippen LogP contribution >= 0.6 is 46.6 Å². The molecule has 5 nitrogen and oxygen atoms in total. The minimum Gasteiger partial charge on any atom is -0.323 e. The number of amides is 1. The highest BCUT2D eigenvalue weighted by Crippen LogP contribution is 2.25. The van der Waals surface area contributed by atoms with Crippen molar-refractivity contribution in [3.8, 4) is 0 Å². The Labute approximate surface area is 155 Å². The first-order valence-corrected chi connectivity index (χ1v) is 8.63. The second kappa shape index (κ2) is 7.14. The first-order valence-electron chi connectivity index (χ1n) is 6.51. The Morgan fingerprint density at radius 3 is 2.79 bits per heavy atom. The fourth-order valence-electron chi connectivity index (χ4n) is 1.91. The molecule has 0 unspecified atom stereocenters. The molecule has 3 rings (SSSR count). The number of fused-ring (bicyclic) bond motifs is 1. The fraction of sp³-hybridized carbons (Fsp3) is 0.0714. The van der Waals surface area contributed by atoms with Crippen LogP contribution < -0.4 is 5.32 Å². The summed E-state index contributed by atoms with van der Waals surface area (Å²) in [4.78, 5) is 12.0. The van der Waals surface area contributed by atoms with Gasteiger partial charge in [-0.25, -0.2) is 4.39 Å². The molecule has 0 radical (unpaired) electrons. The second-order valence-corrected chi connectivity index (χ2v) is 6.87. The fourth-order valence-corrected chi connectivity index (χ4v) is 3.30. The Bertz CT molecular complexity index is 934. The van der Waals surface area contributed by atoms with Crippen molar-refractivity contribution in [3.63, 3.8) is 0 Å². The molecule has 0 atom stereocenters. The topological polar surface area (TPSA) is 59.3 Å². The lowest BCUT2D eigenvalue weighted by molar-refractivity contribution is -0.113. The molecule has 0 bridgehead atoms. The Morgan fingerprint density at radius 1 is 1.21 bits per heavy atom. The first-order chi connectivity index (χ1) is 11.4. The molecule has 0 spiro atoms. The van der Waals surface area contributed by atoms with Gasteiger partial charge in [-0.3, -0.25) is 9.20 Å². The highest BCUT2D eigenvalue weighted by molar-refractivity contribution is 7.99. The number of benzene rings is 1. The molecule has 0 fully saturated rings. The van der Waals surface area contributed by atoms with Gasteiger partial charge >= 0.3 is 0 Å². The van der Waals surface area contributed by atoms with Crippen molar-refractivity contribution in [1.29, 1.82) is 0 Å². The van der Waals surface area contributed by atoms with E-state index in [1.54, 1.807) is 16.7 Å². The maximum absolute atomic E-state index is 13.6. The Balaban J connectivity index is 1.72. The van der Waals surface area contributed by atoms with E-state index in [1.807, 2.05) is 0 Å². The Morgan fingerprint density at radius 2 is 2.00 bits per heavy atom. The van der Waals surface area contributed by atoms with Crippen LogP contribution in [-0.4, -0.2) is 26.3 Å². The summed E-state index contributed by atoms with van der Waals surface area (Å²) in [6.45, 7) is 0. The van der Waals surface area contributed by atoms with Crippen LogP contribution in [0.2, 0.25) is 15.1 Å². The molecule has 0 aliphatic carbocycles. The molecule has 124 valence electrons. The van der Waals surface area contributed by atoms with Gasteiger partial charge < -0.3 is 5.32 Å². The number of nitrogens with one attached hydrogen (secondary N) is 1. The molecule has 2 aromatic heterocycles. The van der Waals surface area contributed by atoms with E-state index in [0.29, 0.717) is 25.9 Å². The number of hydrogen-bond acceptors (Lipinski definition) is 4. The third kappa shape index (κ3) is 3.75. The zero-order valence-electron chi connectivity index (χ0n) is 11.8. The van der Waals surface area contributed by atoms with Gasteiger partial charge in [0.2, 0.25) is 5.91 Å². The van der Waals surface area contributed by atoms with Gasteiger partial charge in [-0.05, 0) is 24.3 Å². The van der Waals surface area contributed by atoms with Crippen LogP contribution in [0, 0.1) is 5.82 Å². The second-order valence-electron chi connectivity index (χ2n) is 4.64. The van der Waals surface area contributed by atoms with E-state index in [-0.39, 0.29) is 11.4 Å². The molecule has 0 aliphatic heterocycles. The summed E-state index contributed by atoms with van der Waals surface area (Å²) in [6, 6.07) is 5.47. The van der Waals surface area contributed by atoms with Crippen molar-refractivity contribution in [2.75, 3.05) is 11.1 Å². The zero-order chi connectivity index (χ0) is 17.3. The first kappa shape index (κ1) is 17.3. The molecular weight excluding hydrogens is 398 g/mol. The van der Waals surface area contributed by atoms with Crippen molar-refractivity contribution < 1.29 is 9.18 Å². The molecule has 0 aliphatic rings. The number of carbonyl (C=O) groups is 1. The summed E-state index contributed by atoms with van der Waals surface area (Å²) in [5.74, 6) is -0.980. The zero-order valence-corrected chi connectivity index (χ0v) is 14.8. The molecule has 0 saturated carbocycles. The van der Waals surface area contributed by atoms with E-state index in [2.05, 4.69) is 15.5 Å². The number of rotatable bonds is 4. The van der Waals surface area contributed by atoms with Crippen LogP contribution in [-0.2, 0) is 4.79 Å². The minimum absolute atomic E-state index is 0.00310. The Hall–Kier alpha value is -1.54. The lowest BCUT2D eigenvalue weighted by Gasteiger charge is -2.06. The predicted molar refractivity (Wildman–Crippen MR) is 93.8 cm³/mol. The number of carbonyl (C=O) groups excluding carboxylic acids is 1. The highest BCUT2D eigenvalue weighted by atomic mass is 35.5. The van der Waals surface area contributed by atoms with Crippen molar-refractivity contribution >= 4 is 63.8 Å². The van der Waals surface area contributed by atoms with Gasteiger partial charge in [0.25, 0.3) is 0 Å². The summed E-state index contributed by atoms with van der Waals surface area (Å²) >= 11 is 18.9. The maximum atomic E-state index is 13.6. The summed E-state index contributed by atoms with van der Waals surface area (Å²) in [5, 5.41) is 11.9. The van der Waals surface area contributed by atoms with E-state index in [4.69, 9.17) is 34.8 Å².